The van der Waals surface area contributed by atoms with Gasteiger partial charge in [-0.2, -0.15) is 0 Å². The number of fused-ring (bicyclic) bond motifs is 1. The monoisotopic (exact) mass is 234 g/mol. The second kappa shape index (κ2) is 4.34. The lowest BCUT2D eigenvalue weighted by molar-refractivity contribution is 0.167. The predicted molar refractivity (Wildman–Crippen MR) is 69.6 cm³/mol. The van der Waals surface area contributed by atoms with Crippen LogP contribution in [0.5, 0.6) is 5.75 Å². The number of hydrogen-bond acceptors (Lipinski definition) is 2. The normalized spacial score (nSPS) is 20.4. The molecule has 94 valence electrons. The number of benzene rings is 1. The molecule has 1 N–H and O–H groups in total. The lowest BCUT2D eigenvalue weighted by atomic mass is 9.84. The van der Waals surface area contributed by atoms with Crippen molar-refractivity contribution >= 4 is 0 Å². The standard InChI is InChI=1S/C15H22O2/c1-10-8-11(15(2,3)4)9-12-13(16)6-5-7-17-14(10)12/h8-9,13,16H,5-7H2,1-4H3/t13-/m0/s1. The highest BCUT2D eigenvalue weighted by molar-refractivity contribution is 5.47. The average molecular weight is 234 g/mol. The van der Waals surface area contributed by atoms with Crippen molar-refractivity contribution < 1.29 is 9.84 Å². The van der Waals surface area contributed by atoms with Gasteiger partial charge in [0, 0.05) is 5.56 Å². The van der Waals surface area contributed by atoms with Gasteiger partial charge in [-0.15, -0.1) is 0 Å². The summed E-state index contributed by atoms with van der Waals surface area (Å²) in [5.74, 6) is 0.892. The second-order valence-electron chi connectivity index (χ2n) is 5.97. The molecule has 1 heterocycles. The molecular formula is C15H22O2. The molecular weight excluding hydrogens is 212 g/mol. The van der Waals surface area contributed by atoms with Gasteiger partial charge in [-0.3, -0.25) is 0 Å². The lowest BCUT2D eigenvalue weighted by Crippen LogP contribution is -2.13. The Kier molecular flexibility index (Phi) is 3.17. The summed E-state index contributed by atoms with van der Waals surface area (Å²) < 4.78 is 5.76. The van der Waals surface area contributed by atoms with Crippen LogP contribution < -0.4 is 4.74 Å². The maximum absolute atomic E-state index is 10.2. The molecule has 0 aromatic heterocycles. The van der Waals surface area contributed by atoms with Crippen LogP contribution in [0.2, 0.25) is 0 Å². The first kappa shape index (κ1) is 12.4. The van der Waals surface area contributed by atoms with E-state index in [1.54, 1.807) is 0 Å². The largest absolute Gasteiger partial charge is 0.493 e. The topological polar surface area (TPSA) is 29.5 Å². The van der Waals surface area contributed by atoms with Crippen molar-refractivity contribution in [2.75, 3.05) is 6.61 Å². The van der Waals surface area contributed by atoms with E-state index in [0.29, 0.717) is 6.61 Å². The summed E-state index contributed by atoms with van der Waals surface area (Å²) in [7, 11) is 0. The molecule has 1 aromatic carbocycles. The second-order valence-corrected chi connectivity index (χ2v) is 5.97. The van der Waals surface area contributed by atoms with Crippen molar-refractivity contribution in [3.8, 4) is 5.75 Å². The molecule has 0 aliphatic carbocycles. The summed E-state index contributed by atoms with van der Waals surface area (Å²) in [6.07, 6.45) is 1.33. The first-order chi connectivity index (χ1) is 7.89. The summed E-state index contributed by atoms with van der Waals surface area (Å²) >= 11 is 0. The fourth-order valence-electron chi connectivity index (χ4n) is 2.29. The van der Waals surface area contributed by atoms with Gasteiger partial charge in [0.15, 0.2) is 0 Å². The third-order valence-electron chi connectivity index (χ3n) is 3.40. The molecule has 0 bridgehead atoms. The molecule has 1 aromatic rings. The smallest absolute Gasteiger partial charge is 0.128 e. The van der Waals surface area contributed by atoms with E-state index in [0.717, 1.165) is 29.7 Å². The van der Waals surface area contributed by atoms with E-state index in [2.05, 4.69) is 39.8 Å². The minimum atomic E-state index is -0.381. The molecule has 1 aliphatic rings. The number of rotatable bonds is 0. The Bertz CT molecular complexity index is 416. The SMILES string of the molecule is Cc1cc(C(C)(C)C)cc2c1OCCC[C@@H]2O. The van der Waals surface area contributed by atoms with Crippen LogP contribution in [0, 0.1) is 6.92 Å². The fraction of sp³-hybridized carbons (Fsp3) is 0.600. The van der Waals surface area contributed by atoms with E-state index in [1.807, 2.05) is 0 Å². The number of aliphatic hydroxyl groups excluding tert-OH is 1. The van der Waals surface area contributed by atoms with Gasteiger partial charge >= 0.3 is 0 Å². The molecule has 0 saturated carbocycles. The van der Waals surface area contributed by atoms with Crippen LogP contribution in [-0.2, 0) is 5.41 Å². The van der Waals surface area contributed by atoms with Crippen molar-refractivity contribution in [1.29, 1.82) is 0 Å². The first-order valence-electron chi connectivity index (χ1n) is 6.35. The van der Waals surface area contributed by atoms with Gasteiger partial charge in [-0.1, -0.05) is 26.8 Å². The zero-order valence-electron chi connectivity index (χ0n) is 11.2. The van der Waals surface area contributed by atoms with E-state index >= 15 is 0 Å². The van der Waals surface area contributed by atoms with Crippen LogP contribution in [0.15, 0.2) is 12.1 Å². The van der Waals surface area contributed by atoms with Crippen LogP contribution in [0.3, 0.4) is 0 Å². The molecule has 1 aliphatic heterocycles. The third kappa shape index (κ3) is 2.47. The summed E-state index contributed by atoms with van der Waals surface area (Å²) in [5.41, 5.74) is 3.46. The van der Waals surface area contributed by atoms with Crippen LogP contribution >= 0.6 is 0 Å². The van der Waals surface area contributed by atoms with Crippen LogP contribution in [-0.4, -0.2) is 11.7 Å². The summed E-state index contributed by atoms with van der Waals surface area (Å²) in [6, 6.07) is 4.29. The summed E-state index contributed by atoms with van der Waals surface area (Å²) in [5, 5.41) is 10.2. The van der Waals surface area contributed by atoms with Gasteiger partial charge in [-0.05, 0) is 42.4 Å². The maximum Gasteiger partial charge on any atom is 0.128 e. The minimum absolute atomic E-state index is 0.103. The molecule has 0 fully saturated rings. The van der Waals surface area contributed by atoms with Gasteiger partial charge in [-0.25, -0.2) is 0 Å². The van der Waals surface area contributed by atoms with Crippen molar-refractivity contribution in [2.24, 2.45) is 0 Å². The van der Waals surface area contributed by atoms with E-state index in [9.17, 15) is 5.11 Å². The minimum Gasteiger partial charge on any atom is -0.493 e. The van der Waals surface area contributed by atoms with Gasteiger partial charge < -0.3 is 9.84 Å². The number of hydrogen-bond donors (Lipinski definition) is 1. The fourth-order valence-corrected chi connectivity index (χ4v) is 2.29. The van der Waals surface area contributed by atoms with Gasteiger partial charge in [0.05, 0.1) is 12.7 Å². The molecule has 0 saturated heterocycles. The average Bonchev–Trinajstić information content (AvgIpc) is 2.40. The third-order valence-corrected chi connectivity index (χ3v) is 3.40. The molecule has 1 atom stereocenters. The van der Waals surface area contributed by atoms with E-state index in [-0.39, 0.29) is 11.5 Å². The Morgan fingerprint density at radius 2 is 2.00 bits per heavy atom. The summed E-state index contributed by atoms with van der Waals surface area (Å²) in [4.78, 5) is 0. The Morgan fingerprint density at radius 3 is 2.65 bits per heavy atom. The predicted octanol–water partition coefficient (Wildman–Crippen LogP) is 3.50. The zero-order chi connectivity index (χ0) is 12.6. The number of aryl methyl sites for hydroxylation is 1. The van der Waals surface area contributed by atoms with Crippen molar-refractivity contribution in [3.05, 3.63) is 28.8 Å². The molecule has 2 rings (SSSR count). The molecule has 2 heteroatoms. The van der Waals surface area contributed by atoms with E-state index in [4.69, 9.17) is 4.74 Å². The number of ether oxygens (including phenoxy) is 1. The van der Waals surface area contributed by atoms with Crippen LogP contribution in [0.1, 0.15) is 56.4 Å². The Hall–Kier alpha value is -1.02. The van der Waals surface area contributed by atoms with Crippen molar-refractivity contribution in [3.63, 3.8) is 0 Å². The highest BCUT2D eigenvalue weighted by Gasteiger charge is 2.23. The van der Waals surface area contributed by atoms with Crippen LogP contribution in [0.4, 0.5) is 0 Å². The Labute approximate surface area is 104 Å². The molecule has 0 spiro atoms. The van der Waals surface area contributed by atoms with Crippen molar-refractivity contribution in [2.45, 2.75) is 52.1 Å². The molecule has 0 radical (unpaired) electrons. The summed E-state index contributed by atoms with van der Waals surface area (Å²) in [6.45, 7) is 9.35. The Morgan fingerprint density at radius 1 is 1.29 bits per heavy atom. The molecule has 0 amide bonds. The molecule has 17 heavy (non-hydrogen) atoms. The molecule has 2 nitrogen and oxygen atoms in total. The lowest BCUT2D eigenvalue weighted by Gasteiger charge is -2.23. The zero-order valence-corrected chi connectivity index (χ0v) is 11.2. The highest BCUT2D eigenvalue weighted by atomic mass is 16.5. The number of aliphatic hydroxyl groups is 1. The first-order valence-corrected chi connectivity index (χ1v) is 6.35. The van der Waals surface area contributed by atoms with E-state index < -0.39 is 0 Å². The molecule has 0 unspecified atom stereocenters. The van der Waals surface area contributed by atoms with Crippen molar-refractivity contribution in [1.82, 2.24) is 0 Å². The van der Waals surface area contributed by atoms with Crippen LogP contribution in [0.25, 0.3) is 0 Å². The van der Waals surface area contributed by atoms with Gasteiger partial charge in [0.2, 0.25) is 0 Å². The van der Waals surface area contributed by atoms with Gasteiger partial charge in [0.25, 0.3) is 0 Å². The quantitative estimate of drug-likeness (QED) is 0.744. The Balaban J connectivity index is 2.54. The van der Waals surface area contributed by atoms with Gasteiger partial charge in [0.1, 0.15) is 5.75 Å². The van der Waals surface area contributed by atoms with E-state index in [1.165, 1.54) is 5.56 Å². The highest BCUT2D eigenvalue weighted by Crippen LogP contribution is 2.37. The maximum atomic E-state index is 10.2.